The van der Waals surface area contributed by atoms with Crippen LogP contribution in [0, 0.1) is 0 Å². The number of fused-ring (bicyclic) bond motifs is 1. The molecular weight excluding hydrogens is 290 g/mol. The number of aromatic amines is 1. The number of methoxy groups -OCH3 is 1. The first-order valence-corrected chi connectivity index (χ1v) is 7.67. The summed E-state index contributed by atoms with van der Waals surface area (Å²) < 4.78 is 32.6. The molecule has 0 aliphatic carbocycles. The Balaban J connectivity index is 2.00. The molecule has 0 spiro atoms. The van der Waals surface area contributed by atoms with Crippen LogP contribution in [0.2, 0.25) is 0 Å². The van der Waals surface area contributed by atoms with E-state index in [1.807, 2.05) is 0 Å². The number of H-pyrrole nitrogens is 1. The van der Waals surface area contributed by atoms with Gasteiger partial charge in [-0.1, -0.05) is 6.07 Å². The van der Waals surface area contributed by atoms with Crippen LogP contribution in [-0.4, -0.2) is 25.5 Å². The number of nitrogens with one attached hydrogen (secondary N) is 2. The molecule has 0 unspecified atom stereocenters. The average Bonchev–Trinajstić information content (AvgIpc) is 2.92. The van der Waals surface area contributed by atoms with Crippen molar-refractivity contribution in [3.05, 3.63) is 48.8 Å². The summed E-state index contributed by atoms with van der Waals surface area (Å²) in [5.74, 6) is 0.579. The second-order valence-corrected chi connectivity index (χ2v) is 6.04. The highest BCUT2D eigenvalue weighted by atomic mass is 32.2. The highest BCUT2D eigenvalue weighted by Gasteiger charge is 2.19. The molecule has 0 aliphatic heterocycles. The average molecular weight is 303 g/mol. The van der Waals surface area contributed by atoms with E-state index in [-0.39, 0.29) is 4.90 Å². The first-order chi connectivity index (χ1) is 10.1. The number of pyridine rings is 1. The van der Waals surface area contributed by atoms with Crippen molar-refractivity contribution in [3.8, 4) is 5.75 Å². The molecule has 2 heterocycles. The predicted octanol–water partition coefficient (Wildman–Crippen LogP) is 2.37. The largest absolute Gasteiger partial charge is 0.497 e. The number of hydrogen-bond acceptors (Lipinski definition) is 4. The summed E-state index contributed by atoms with van der Waals surface area (Å²) in [5, 5.41) is 0.549. The number of rotatable bonds is 4. The molecule has 0 bridgehead atoms. The van der Waals surface area contributed by atoms with Crippen LogP contribution in [0.5, 0.6) is 5.75 Å². The second-order valence-electron chi connectivity index (χ2n) is 4.39. The van der Waals surface area contributed by atoms with Gasteiger partial charge in [0.25, 0.3) is 10.0 Å². The first-order valence-electron chi connectivity index (χ1n) is 6.19. The Labute approximate surface area is 121 Å². The third kappa shape index (κ3) is 2.55. The van der Waals surface area contributed by atoms with Crippen LogP contribution in [0.3, 0.4) is 0 Å². The highest BCUT2D eigenvalue weighted by Crippen LogP contribution is 2.24. The van der Waals surface area contributed by atoms with E-state index < -0.39 is 10.0 Å². The molecule has 0 atom stereocenters. The standard InChI is InChI=1S/C14H13N3O3S/c1-20-11-5-2-4-10(8-11)17-21(18,19)13-9-16-14-12(13)6-3-7-15-14/h2-9,17H,1H3,(H,15,16). The van der Waals surface area contributed by atoms with Crippen LogP contribution in [0.1, 0.15) is 0 Å². The Morgan fingerprint density at radius 2 is 2.10 bits per heavy atom. The summed E-state index contributed by atoms with van der Waals surface area (Å²) in [4.78, 5) is 7.09. The van der Waals surface area contributed by atoms with Gasteiger partial charge >= 0.3 is 0 Å². The summed E-state index contributed by atoms with van der Waals surface area (Å²) in [6, 6.07) is 10.1. The van der Waals surface area contributed by atoms with Gasteiger partial charge < -0.3 is 9.72 Å². The topological polar surface area (TPSA) is 84.1 Å². The summed E-state index contributed by atoms with van der Waals surface area (Å²) in [7, 11) is -2.17. The van der Waals surface area contributed by atoms with Crippen molar-refractivity contribution < 1.29 is 13.2 Å². The number of hydrogen-bond donors (Lipinski definition) is 2. The fourth-order valence-corrected chi connectivity index (χ4v) is 3.27. The van der Waals surface area contributed by atoms with Crippen LogP contribution < -0.4 is 9.46 Å². The molecule has 21 heavy (non-hydrogen) atoms. The predicted molar refractivity (Wildman–Crippen MR) is 79.9 cm³/mol. The van der Waals surface area contributed by atoms with Gasteiger partial charge in [0.1, 0.15) is 16.3 Å². The Kier molecular flexibility index (Phi) is 3.26. The van der Waals surface area contributed by atoms with Gasteiger partial charge in [-0.2, -0.15) is 0 Å². The number of nitrogens with zero attached hydrogens (tertiary/aromatic N) is 1. The van der Waals surface area contributed by atoms with Crippen LogP contribution in [-0.2, 0) is 10.0 Å². The fraction of sp³-hybridized carbons (Fsp3) is 0.0714. The molecule has 0 saturated carbocycles. The number of anilines is 1. The normalized spacial score (nSPS) is 11.5. The van der Waals surface area contributed by atoms with Gasteiger partial charge in [-0.15, -0.1) is 0 Å². The maximum atomic E-state index is 12.5. The molecule has 3 aromatic rings. The van der Waals surface area contributed by atoms with Crippen molar-refractivity contribution in [2.24, 2.45) is 0 Å². The van der Waals surface area contributed by atoms with E-state index in [4.69, 9.17) is 4.74 Å². The highest BCUT2D eigenvalue weighted by molar-refractivity contribution is 7.93. The molecule has 7 heteroatoms. The smallest absolute Gasteiger partial charge is 0.264 e. The van der Waals surface area contributed by atoms with Crippen LogP contribution in [0.15, 0.2) is 53.7 Å². The summed E-state index contributed by atoms with van der Waals surface area (Å²) in [6.45, 7) is 0. The molecular formula is C14H13N3O3S. The Hall–Kier alpha value is -2.54. The van der Waals surface area contributed by atoms with E-state index in [1.54, 1.807) is 42.6 Å². The van der Waals surface area contributed by atoms with Crippen molar-refractivity contribution in [2.75, 3.05) is 11.8 Å². The molecule has 2 aromatic heterocycles. The third-order valence-electron chi connectivity index (χ3n) is 3.02. The molecule has 0 amide bonds. The zero-order valence-electron chi connectivity index (χ0n) is 11.2. The molecule has 0 saturated heterocycles. The van der Waals surface area contributed by atoms with E-state index in [0.29, 0.717) is 22.5 Å². The Bertz CT molecular complexity index is 887. The van der Waals surface area contributed by atoms with Crippen LogP contribution >= 0.6 is 0 Å². The SMILES string of the molecule is COc1cccc(NS(=O)(=O)c2c[nH]c3ncccc23)c1. The quantitative estimate of drug-likeness (QED) is 0.775. The Morgan fingerprint density at radius 3 is 2.90 bits per heavy atom. The third-order valence-corrected chi connectivity index (χ3v) is 4.45. The number of benzene rings is 1. The minimum absolute atomic E-state index is 0.161. The van der Waals surface area contributed by atoms with Crippen molar-refractivity contribution >= 4 is 26.7 Å². The summed E-state index contributed by atoms with van der Waals surface area (Å²) in [6.07, 6.45) is 3.03. The lowest BCUT2D eigenvalue weighted by atomic mass is 10.3. The second kappa shape index (κ2) is 5.10. The van der Waals surface area contributed by atoms with Gasteiger partial charge in [-0.3, -0.25) is 4.72 Å². The molecule has 108 valence electrons. The minimum Gasteiger partial charge on any atom is -0.497 e. The van der Waals surface area contributed by atoms with Crippen molar-refractivity contribution in [2.45, 2.75) is 4.90 Å². The summed E-state index contributed by atoms with van der Waals surface area (Å²) in [5.41, 5.74) is 0.969. The lowest BCUT2D eigenvalue weighted by molar-refractivity contribution is 0.415. The molecule has 0 fully saturated rings. The van der Waals surface area contributed by atoms with Crippen LogP contribution in [0.4, 0.5) is 5.69 Å². The molecule has 1 aromatic carbocycles. The van der Waals surface area contributed by atoms with Gasteiger partial charge in [0.2, 0.25) is 0 Å². The maximum Gasteiger partial charge on any atom is 0.264 e. The van der Waals surface area contributed by atoms with Crippen molar-refractivity contribution in [3.63, 3.8) is 0 Å². The van der Waals surface area contributed by atoms with Crippen molar-refractivity contribution in [1.82, 2.24) is 9.97 Å². The van der Waals surface area contributed by atoms with Gasteiger partial charge in [0, 0.05) is 23.8 Å². The zero-order valence-corrected chi connectivity index (χ0v) is 12.0. The van der Waals surface area contributed by atoms with Crippen molar-refractivity contribution in [1.29, 1.82) is 0 Å². The van der Waals surface area contributed by atoms with Crippen LogP contribution in [0.25, 0.3) is 11.0 Å². The molecule has 2 N–H and O–H groups in total. The van der Waals surface area contributed by atoms with E-state index in [2.05, 4.69) is 14.7 Å². The van der Waals surface area contributed by atoms with E-state index >= 15 is 0 Å². The minimum atomic E-state index is -3.70. The number of aromatic nitrogens is 2. The lowest BCUT2D eigenvalue weighted by Crippen LogP contribution is -2.12. The Morgan fingerprint density at radius 1 is 1.24 bits per heavy atom. The van der Waals surface area contributed by atoms with E-state index in [0.717, 1.165) is 0 Å². The van der Waals surface area contributed by atoms with Gasteiger partial charge in [-0.05, 0) is 24.3 Å². The summed E-state index contributed by atoms with van der Waals surface area (Å²) >= 11 is 0. The van der Waals surface area contributed by atoms with Gasteiger partial charge in [0.15, 0.2) is 0 Å². The number of ether oxygens (including phenoxy) is 1. The molecule has 0 aliphatic rings. The van der Waals surface area contributed by atoms with E-state index in [9.17, 15) is 8.42 Å². The lowest BCUT2D eigenvalue weighted by Gasteiger charge is -2.08. The zero-order chi connectivity index (χ0) is 14.9. The fourth-order valence-electron chi connectivity index (χ4n) is 2.05. The molecule has 6 nitrogen and oxygen atoms in total. The molecule has 3 rings (SSSR count). The first kappa shape index (κ1) is 13.4. The molecule has 0 radical (unpaired) electrons. The number of sulfonamides is 1. The van der Waals surface area contributed by atoms with E-state index in [1.165, 1.54) is 13.3 Å². The van der Waals surface area contributed by atoms with Gasteiger partial charge in [0.05, 0.1) is 12.8 Å². The monoisotopic (exact) mass is 303 g/mol. The van der Waals surface area contributed by atoms with Gasteiger partial charge in [-0.25, -0.2) is 13.4 Å². The maximum absolute atomic E-state index is 12.5.